The van der Waals surface area contributed by atoms with Crippen molar-refractivity contribution in [1.82, 2.24) is 10.2 Å². The number of carbonyl (C=O) groups is 1. The Morgan fingerprint density at radius 1 is 0.897 bits per heavy atom. The van der Waals surface area contributed by atoms with Crippen LogP contribution in [0.25, 0.3) is 21.7 Å². The summed E-state index contributed by atoms with van der Waals surface area (Å²) in [6.45, 7) is 4.06. The van der Waals surface area contributed by atoms with Crippen LogP contribution >= 0.6 is 11.3 Å². The van der Waals surface area contributed by atoms with Crippen LogP contribution in [0.15, 0.2) is 48.5 Å². The van der Waals surface area contributed by atoms with Crippen LogP contribution < -0.4 is 4.74 Å². The highest BCUT2D eigenvalue weighted by Gasteiger charge is 2.24. The van der Waals surface area contributed by atoms with Crippen molar-refractivity contribution in [2.75, 3.05) is 0 Å². The molecule has 3 aromatic rings. The van der Waals surface area contributed by atoms with E-state index in [4.69, 9.17) is 4.74 Å². The highest BCUT2D eigenvalue weighted by Crippen LogP contribution is 2.38. The SMILES string of the molecule is CC(C)Oc1ccc(-c2ccc(-c3nnc([C@H]4CC[C@H](C=O)CC4)s3)cc2)cc1. The molecule has 4 nitrogen and oxygen atoms in total. The third kappa shape index (κ3) is 4.73. The third-order valence-corrected chi connectivity index (χ3v) is 6.58. The number of benzene rings is 2. The van der Waals surface area contributed by atoms with Crippen molar-refractivity contribution in [2.45, 2.75) is 51.6 Å². The van der Waals surface area contributed by atoms with Gasteiger partial charge in [0.1, 0.15) is 22.1 Å². The van der Waals surface area contributed by atoms with E-state index in [-0.39, 0.29) is 12.0 Å². The van der Waals surface area contributed by atoms with Gasteiger partial charge in [-0.3, -0.25) is 0 Å². The zero-order chi connectivity index (χ0) is 20.2. The normalized spacial score (nSPS) is 19.3. The van der Waals surface area contributed by atoms with Crippen LogP contribution in [0.5, 0.6) is 5.75 Å². The van der Waals surface area contributed by atoms with E-state index in [1.54, 1.807) is 11.3 Å². The van der Waals surface area contributed by atoms with Gasteiger partial charge in [0, 0.05) is 17.4 Å². The highest BCUT2D eigenvalue weighted by molar-refractivity contribution is 7.14. The van der Waals surface area contributed by atoms with Crippen LogP contribution in [0.3, 0.4) is 0 Å². The number of hydrogen-bond acceptors (Lipinski definition) is 5. The highest BCUT2D eigenvalue weighted by atomic mass is 32.1. The Hall–Kier alpha value is -2.53. The Balaban J connectivity index is 1.44. The Bertz CT molecular complexity index is 940. The minimum atomic E-state index is 0.178. The van der Waals surface area contributed by atoms with E-state index in [1.165, 1.54) is 5.56 Å². The summed E-state index contributed by atoms with van der Waals surface area (Å²) in [6, 6.07) is 16.7. The standard InChI is InChI=1S/C24H26N2O2S/c1-16(2)28-22-13-11-19(12-14-22)18-7-9-21(10-8-18)24-26-25-23(29-24)20-5-3-17(15-27)4-6-20/h7-17,20H,3-6H2,1-2H3/t17-,20-. The lowest BCUT2D eigenvalue weighted by Gasteiger charge is -2.23. The first-order valence-electron chi connectivity index (χ1n) is 10.3. The topological polar surface area (TPSA) is 52.1 Å². The summed E-state index contributed by atoms with van der Waals surface area (Å²) >= 11 is 1.68. The summed E-state index contributed by atoms with van der Waals surface area (Å²) in [6.07, 6.45) is 5.30. The molecular weight excluding hydrogens is 380 g/mol. The first-order valence-corrected chi connectivity index (χ1v) is 11.1. The second kappa shape index (κ2) is 8.87. The monoisotopic (exact) mass is 406 g/mol. The quantitative estimate of drug-likeness (QED) is 0.462. The molecule has 1 heterocycles. The second-order valence-corrected chi connectivity index (χ2v) is 8.97. The smallest absolute Gasteiger partial charge is 0.147 e. The molecule has 29 heavy (non-hydrogen) atoms. The van der Waals surface area contributed by atoms with Gasteiger partial charge in [0.15, 0.2) is 0 Å². The summed E-state index contributed by atoms with van der Waals surface area (Å²) in [5.41, 5.74) is 3.43. The summed E-state index contributed by atoms with van der Waals surface area (Å²) in [5.74, 6) is 1.57. The van der Waals surface area contributed by atoms with Crippen molar-refractivity contribution >= 4 is 17.6 Å². The maximum atomic E-state index is 10.9. The molecule has 0 amide bonds. The molecule has 2 aromatic carbocycles. The molecule has 5 heteroatoms. The van der Waals surface area contributed by atoms with Gasteiger partial charge in [-0.25, -0.2) is 0 Å². The lowest BCUT2D eigenvalue weighted by atomic mass is 9.83. The van der Waals surface area contributed by atoms with Crippen LogP contribution in [0, 0.1) is 5.92 Å². The fraction of sp³-hybridized carbons (Fsp3) is 0.375. The predicted octanol–water partition coefficient (Wildman–Crippen LogP) is 6.13. The molecule has 0 N–H and O–H groups in total. The summed E-state index contributed by atoms with van der Waals surface area (Å²) < 4.78 is 5.72. The number of rotatable bonds is 6. The fourth-order valence-electron chi connectivity index (χ4n) is 3.82. The molecule has 1 aromatic heterocycles. The largest absolute Gasteiger partial charge is 0.491 e. The molecule has 0 radical (unpaired) electrons. The van der Waals surface area contributed by atoms with E-state index >= 15 is 0 Å². The van der Waals surface area contributed by atoms with Crippen LogP contribution in [0.1, 0.15) is 50.5 Å². The van der Waals surface area contributed by atoms with Crippen molar-refractivity contribution in [3.05, 3.63) is 53.5 Å². The van der Waals surface area contributed by atoms with Gasteiger partial charge < -0.3 is 9.53 Å². The molecule has 1 saturated carbocycles. The van der Waals surface area contributed by atoms with Gasteiger partial charge >= 0.3 is 0 Å². The van der Waals surface area contributed by atoms with Gasteiger partial charge in [-0.05, 0) is 62.8 Å². The first kappa shape index (κ1) is 19.8. The van der Waals surface area contributed by atoms with Crippen molar-refractivity contribution in [2.24, 2.45) is 5.92 Å². The average Bonchev–Trinajstić information content (AvgIpc) is 3.24. The number of ether oxygens (including phenoxy) is 1. The molecule has 150 valence electrons. The zero-order valence-corrected chi connectivity index (χ0v) is 17.7. The summed E-state index contributed by atoms with van der Waals surface area (Å²) in [5, 5.41) is 10.9. The molecule has 0 saturated heterocycles. The van der Waals surface area contributed by atoms with E-state index in [2.05, 4.69) is 46.6 Å². The van der Waals surface area contributed by atoms with Crippen molar-refractivity contribution in [3.63, 3.8) is 0 Å². The number of aromatic nitrogens is 2. The van der Waals surface area contributed by atoms with Gasteiger partial charge in [0.05, 0.1) is 6.10 Å². The number of nitrogens with zero attached hydrogens (tertiary/aromatic N) is 2. The van der Waals surface area contributed by atoms with E-state index in [9.17, 15) is 4.79 Å². The summed E-state index contributed by atoms with van der Waals surface area (Å²) in [7, 11) is 0. The second-order valence-electron chi connectivity index (χ2n) is 7.96. The minimum absolute atomic E-state index is 0.178. The number of aldehydes is 1. The maximum Gasteiger partial charge on any atom is 0.147 e. The zero-order valence-electron chi connectivity index (χ0n) is 16.9. The lowest BCUT2D eigenvalue weighted by molar-refractivity contribution is -0.111. The molecule has 1 aliphatic rings. The fourth-order valence-corrected chi connectivity index (χ4v) is 4.84. The minimum Gasteiger partial charge on any atom is -0.491 e. The van der Waals surface area contributed by atoms with E-state index in [0.29, 0.717) is 5.92 Å². The van der Waals surface area contributed by atoms with Gasteiger partial charge in [0.25, 0.3) is 0 Å². The number of carbonyl (C=O) groups excluding carboxylic acids is 1. The molecule has 4 rings (SSSR count). The Kier molecular flexibility index (Phi) is 6.05. The predicted molar refractivity (Wildman–Crippen MR) is 117 cm³/mol. The molecule has 1 fully saturated rings. The average molecular weight is 407 g/mol. The van der Waals surface area contributed by atoms with Gasteiger partial charge in [-0.2, -0.15) is 0 Å². The van der Waals surface area contributed by atoms with Crippen LogP contribution in [-0.2, 0) is 4.79 Å². The van der Waals surface area contributed by atoms with E-state index in [0.717, 1.165) is 58.9 Å². The molecule has 0 unspecified atom stereocenters. The molecule has 0 bridgehead atoms. The lowest BCUT2D eigenvalue weighted by Crippen LogP contribution is -2.13. The summed E-state index contributed by atoms with van der Waals surface area (Å²) in [4.78, 5) is 10.9. The van der Waals surface area contributed by atoms with Crippen molar-refractivity contribution < 1.29 is 9.53 Å². The molecule has 0 atom stereocenters. The van der Waals surface area contributed by atoms with Gasteiger partial charge in [0.2, 0.25) is 0 Å². The Labute approximate surface area is 176 Å². The van der Waals surface area contributed by atoms with Crippen molar-refractivity contribution in [1.29, 1.82) is 0 Å². The Morgan fingerprint density at radius 3 is 2.07 bits per heavy atom. The molecule has 0 spiro atoms. The van der Waals surface area contributed by atoms with Crippen LogP contribution in [0.2, 0.25) is 0 Å². The van der Waals surface area contributed by atoms with Crippen LogP contribution in [-0.4, -0.2) is 22.6 Å². The van der Waals surface area contributed by atoms with E-state index < -0.39 is 0 Å². The van der Waals surface area contributed by atoms with Crippen LogP contribution in [0.4, 0.5) is 0 Å². The van der Waals surface area contributed by atoms with Gasteiger partial charge in [-0.1, -0.05) is 47.7 Å². The molecule has 0 aliphatic heterocycles. The molecule has 1 aliphatic carbocycles. The van der Waals surface area contributed by atoms with Crippen molar-refractivity contribution in [3.8, 4) is 27.4 Å². The molecular formula is C24H26N2O2S. The number of hydrogen-bond donors (Lipinski definition) is 0. The third-order valence-electron chi connectivity index (χ3n) is 5.45. The van der Waals surface area contributed by atoms with E-state index in [1.807, 2.05) is 26.0 Å². The van der Waals surface area contributed by atoms with Gasteiger partial charge in [-0.15, -0.1) is 10.2 Å². The Morgan fingerprint density at radius 2 is 1.48 bits per heavy atom. The maximum absolute atomic E-state index is 10.9. The first-order chi connectivity index (χ1) is 14.1.